The molecule has 2 heterocycles. The number of rotatable bonds is 2. The second-order valence-corrected chi connectivity index (χ2v) is 4.06. The number of hydrogen-bond acceptors (Lipinski definition) is 4. The largest absolute Gasteiger partial charge is 0.464 e. The highest BCUT2D eigenvalue weighted by Crippen LogP contribution is 2.49. The molecule has 1 aliphatic carbocycles. The van der Waals surface area contributed by atoms with Crippen LogP contribution in [0.4, 0.5) is 0 Å². The maximum Gasteiger partial charge on any atom is 0.293 e. The van der Waals surface area contributed by atoms with Crippen molar-refractivity contribution < 1.29 is 19.0 Å². The van der Waals surface area contributed by atoms with Crippen LogP contribution in [0.15, 0.2) is 0 Å². The van der Waals surface area contributed by atoms with Gasteiger partial charge in [-0.25, -0.2) is 0 Å². The van der Waals surface area contributed by atoms with Gasteiger partial charge in [-0.15, -0.1) is 0 Å². The fourth-order valence-electron chi connectivity index (χ4n) is 2.94. The van der Waals surface area contributed by atoms with Gasteiger partial charge in [0.2, 0.25) is 0 Å². The van der Waals surface area contributed by atoms with E-state index in [-0.39, 0.29) is 12.4 Å². The molecule has 3 rings (SSSR count). The molecule has 0 aromatic rings. The van der Waals surface area contributed by atoms with Gasteiger partial charge in [-0.3, -0.25) is 4.79 Å². The van der Waals surface area contributed by atoms with Gasteiger partial charge >= 0.3 is 0 Å². The summed E-state index contributed by atoms with van der Waals surface area (Å²) in [4.78, 5) is 10.3. The predicted octanol–water partition coefficient (Wildman–Crippen LogP) is 0.167. The summed E-state index contributed by atoms with van der Waals surface area (Å²) >= 11 is 0. The zero-order chi connectivity index (χ0) is 8.84. The summed E-state index contributed by atoms with van der Waals surface area (Å²) in [5.74, 6) is 1.24. The maximum absolute atomic E-state index is 10.3. The SMILES string of the molecule is O=COC1C2COC3OCC1C3C2. The Balaban J connectivity index is 1.85. The van der Waals surface area contributed by atoms with Gasteiger partial charge in [-0.1, -0.05) is 0 Å². The molecule has 0 spiro atoms. The first-order chi connectivity index (χ1) is 6.40. The number of carbonyl (C=O) groups is 1. The highest BCUT2D eigenvalue weighted by molar-refractivity contribution is 5.38. The van der Waals surface area contributed by atoms with Crippen LogP contribution in [0.5, 0.6) is 0 Å². The molecule has 0 aromatic carbocycles. The molecule has 5 atom stereocenters. The molecule has 0 radical (unpaired) electrons. The average molecular weight is 184 g/mol. The van der Waals surface area contributed by atoms with Crippen LogP contribution in [-0.2, 0) is 19.0 Å². The third kappa shape index (κ3) is 0.957. The lowest BCUT2D eigenvalue weighted by atomic mass is 9.98. The molecule has 4 heteroatoms. The van der Waals surface area contributed by atoms with E-state index < -0.39 is 0 Å². The summed E-state index contributed by atoms with van der Waals surface area (Å²) in [7, 11) is 0. The van der Waals surface area contributed by atoms with Gasteiger partial charge < -0.3 is 14.2 Å². The van der Waals surface area contributed by atoms with Crippen LogP contribution in [0.2, 0.25) is 0 Å². The topological polar surface area (TPSA) is 44.8 Å². The van der Waals surface area contributed by atoms with Crippen molar-refractivity contribution in [1.29, 1.82) is 0 Å². The van der Waals surface area contributed by atoms with Crippen molar-refractivity contribution in [2.45, 2.75) is 18.8 Å². The molecule has 3 aliphatic rings. The molecule has 0 aromatic heterocycles. The first-order valence-corrected chi connectivity index (χ1v) is 4.72. The number of ether oxygens (including phenoxy) is 3. The van der Waals surface area contributed by atoms with Crippen molar-refractivity contribution >= 4 is 6.47 Å². The number of carbonyl (C=O) groups excluding carboxylic acids is 1. The van der Waals surface area contributed by atoms with Crippen LogP contribution in [0.3, 0.4) is 0 Å². The minimum atomic E-state index is -0.0264. The van der Waals surface area contributed by atoms with Gasteiger partial charge in [0.1, 0.15) is 6.10 Å². The zero-order valence-electron chi connectivity index (χ0n) is 7.22. The Kier molecular flexibility index (Phi) is 1.60. The summed E-state index contributed by atoms with van der Waals surface area (Å²) in [6, 6.07) is 0. The molecule has 1 saturated carbocycles. The van der Waals surface area contributed by atoms with E-state index in [0.29, 0.717) is 37.4 Å². The van der Waals surface area contributed by atoms with Gasteiger partial charge in [0.25, 0.3) is 6.47 Å². The van der Waals surface area contributed by atoms with E-state index in [1.165, 1.54) is 0 Å². The van der Waals surface area contributed by atoms with Crippen LogP contribution in [0.1, 0.15) is 6.42 Å². The lowest BCUT2D eigenvalue weighted by Crippen LogP contribution is -2.32. The quantitative estimate of drug-likeness (QED) is 0.574. The van der Waals surface area contributed by atoms with E-state index in [1.54, 1.807) is 0 Å². The maximum atomic E-state index is 10.3. The minimum Gasteiger partial charge on any atom is -0.464 e. The monoisotopic (exact) mass is 184 g/mol. The van der Waals surface area contributed by atoms with E-state index in [9.17, 15) is 4.79 Å². The Morgan fingerprint density at radius 2 is 2.08 bits per heavy atom. The Morgan fingerprint density at radius 1 is 1.23 bits per heavy atom. The Bertz CT molecular complexity index is 230. The third-order valence-electron chi connectivity index (χ3n) is 3.50. The lowest BCUT2D eigenvalue weighted by molar-refractivity contribution is -0.173. The average Bonchev–Trinajstić information content (AvgIpc) is 2.64. The predicted molar refractivity (Wildman–Crippen MR) is 41.7 cm³/mol. The van der Waals surface area contributed by atoms with Crippen LogP contribution < -0.4 is 0 Å². The van der Waals surface area contributed by atoms with Crippen LogP contribution in [-0.4, -0.2) is 32.1 Å². The van der Waals surface area contributed by atoms with E-state index in [4.69, 9.17) is 14.2 Å². The molecule has 3 fully saturated rings. The molecule has 72 valence electrons. The van der Waals surface area contributed by atoms with Crippen molar-refractivity contribution in [3.05, 3.63) is 0 Å². The molecule has 5 unspecified atom stereocenters. The van der Waals surface area contributed by atoms with Crippen molar-refractivity contribution in [3.8, 4) is 0 Å². The van der Waals surface area contributed by atoms with Crippen LogP contribution >= 0.6 is 0 Å². The first-order valence-electron chi connectivity index (χ1n) is 4.72. The standard InChI is InChI=1S/C9H12O4/c10-4-13-8-5-1-6-7(8)3-12-9(6)11-2-5/h4-9H,1-3H2. The summed E-state index contributed by atoms with van der Waals surface area (Å²) < 4.78 is 16.1. The molecule has 2 aliphatic heterocycles. The molecule has 2 saturated heterocycles. The Hall–Kier alpha value is -0.610. The van der Waals surface area contributed by atoms with E-state index in [2.05, 4.69) is 0 Å². The third-order valence-corrected chi connectivity index (χ3v) is 3.50. The van der Waals surface area contributed by atoms with Gasteiger partial charge in [-0.2, -0.15) is 0 Å². The molecule has 0 amide bonds. The van der Waals surface area contributed by atoms with E-state index in [0.717, 1.165) is 6.42 Å². The van der Waals surface area contributed by atoms with Crippen LogP contribution in [0, 0.1) is 17.8 Å². The summed E-state index contributed by atoms with van der Waals surface area (Å²) in [5, 5.41) is 0. The summed E-state index contributed by atoms with van der Waals surface area (Å²) in [6.45, 7) is 1.92. The number of fused-ring (bicyclic) bond motifs is 1. The van der Waals surface area contributed by atoms with Crippen molar-refractivity contribution in [3.63, 3.8) is 0 Å². The van der Waals surface area contributed by atoms with Gasteiger partial charge in [0.15, 0.2) is 6.29 Å². The van der Waals surface area contributed by atoms with Gasteiger partial charge in [-0.05, 0) is 6.42 Å². The molecule has 13 heavy (non-hydrogen) atoms. The van der Waals surface area contributed by atoms with E-state index >= 15 is 0 Å². The minimum absolute atomic E-state index is 0.0264. The van der Waals surface area contributed by atoms with Crippen molar-refractivity contribution in [1.82, 2.24) is 0 Å². The van der Waals surface area contributed by atoms with Gasteiger partial charge in [0, 0.05) is 17.8 Å². The normalized spacial score (nSPS) is 52.2. The lowest BCUT2D eigenvalue weighted by Gasteiger charge is -2.26. The molecule has 4 nitrogen and oxygen atoms in total. The first kappa shape index (κ1) is 7.76. The highest BCUT2D eigenvalue weighted by Gasteiger charge is 2.55. The fourth-order valence-corrected chi connectivity index (χ4v) is 2.94. The molecular weight excluding hydrogens is 172 g/mol. The van der Waals surface area contributed by atoms with E-state index in [1.807, 2.05) is 0 Å². The Morgan fingerprint density at radius 3 is 2.92 bits per heavy atom. The van der Waals surface area contributed by atoms with Crippen molar-refractivity contribution in [2.75, 3.05) is 13.2 Å². The smallest absolute Gasteiger partial charge is 0.293 e. The molecule has 0 N–H and O–H groups in total. The highest BCUT2D eigenvalue weighted by atomic mass is 16.7. The fraction of sp³-hybridized carbons (Fsp3) is 0.889. The second-order valence-electron chi connectivity index (χ2n) is 4.06. The zero-order valence-corrected chi connectivity index (χ0v) is 7.22. The number of hydrogen-bond donors (Lipinski definition) is 0. The van der Waals surface area contributed by atoms with Gasteiger partial charge in [0.05, 0.1) is 13.2 Å². The second kappa shape index (κ2) is 2.69. The van der Waals surface area contributed by atoms with Crippen LogP contribution in [0.25, 0.3) is 0 Å². The molecular formula is C9H12O4. The summed E-state index contributed by atoms with van der Waals surface area (Å²) in [6.07, 6.45) is 1.10. The molecule has 2 bridgehead atoms. The Labute approximate surface area is 76.1 Å². The summed E-state index contributed by atoms with van der Waals surface area (Å²) in [5.41, 5.74) is 0. The van der Waals surface area contributed by atoms with Crippen molar-refractivity contribution in [2.24, 2.45) is 17.8 Å².